The lowest BCUT2D eigenvalue weighted by atomic mass is 9.93. The average molecular weight is 547 g/mol. The van der Waals surface area contributed by atoms with Crippen molar-refractivity contribution in [2.45, 2.75) is 42.8 Å². The molecule has 10 nitrogen and oxygen atoms in total. The quantitative estimate of drug-likeness (QED) is 0.463. The highest BCUT2D eigenvalue weighted by molar-refractivity contribution is 9.10. The highest BCUT2D eigenvalue weighted by Gasteiger charge is 2.26. The molecule has 5 rings (SSSR count). The lowest BCUT2D eigenvalue weighted by Gasteiger charge is -2.31. The number of nitrogens with two attached hydrogens (primary N) is 1. The summed E-state index contributed by atoms with van der Waals surface area (Å²) in [6, 6.07) is 3.82. The van der Waals surface area contributed by atoms with Crippen LogP contribution in [0.25, 0.3) is 11.2 Å². The topological polar surface area (TPSA) is 125 Å². The number of carbonyl (C=O) groups is 2. The Morgan fingerprint density at radius 1 is 1.21 bits per heavy atom. The molecule has 1 amide bonds. The SMILES string of the molecule is CC(=O)C(=O)N1CCC(CCn2c(Sc3cc4c(cc3Br)OCO4)nc3c(N)ncnc32)CC1. The van der Waals surface area contributed by atoms with Gasteiger partial charge in [0.1, 0.15) is 6.33 Å². The van der Waals surface area contributed by atoms with Crippen molar-refractivity contribution in [2.75, 3.05) is 25.6 Å². The highest BCUT2D eigenvalue weighted by atomic mass is 79.9. The van der Waals surface area contributed by atoms with Gasteiger partial charge in [0.15, 0.2) is 33.6 Å². The minimum absolute atomic E-state index is 0.206. The number of imidazole rings is 1. The van der Waals surface area contributed by atoms with E-state index in [1.165, 1.54) is 25.0 Å². The lowest BCUT2D eigenvalue weighted by Crippen LogP contribution is -2.41. The largest absolute Gasteiger partial charge is 0.454 e. The lowest BCUT2D eigenvalue weighted by molar-refractivity contribution is -0.144. The molecule has 1 saturated heterocycles. The van der Waals surface area contributed by atoms with Crippen molar-refractivity contribution >= 4 is 56.4 Å². The summed E-state index contributed by atoms with van der Waals surface area (Å²) in [5.74, 6) is 1.37. The van der Waals surface area contributed by atoms with Crippen LogP contribution < -0.4 is 15.2 Å². The third-order valence-electron chi connectivity index (χ3n) is 6.12. The van der Waals surface area contributed by atoms with Crippen LogP contribution in [0.4, 0.5) is 5.82 Å². The second-order valence-corrected chi connectivity index (χ2v) is 10.2. The number of likely N-dealkylation sites (tertiary alicyclic amines) is 1. The number of hydrogen-bond acceptors (Lipinski definition) is 9. The van der Waals surface area contributed by atoms with E-state index in [-0.39, 0.29) is 12.7 Å². The Balaban J connectivity index is 1.36. The molecule has 1 aromatic carbocycles. The van der Waals surface area contributed by atoms with Crippen molar-refractivity contribution in [1.82, 2.24) is 24.4 Å². The van der Waals surface area contributed by atoms with Crippen molar-refractivity contribution < 1.29 is 19.1 Å². The van der Waals surface area contributed by atoms with Crippen LogP contribution in [0.3, 0.4) is 0 Å². The predicted molar refractivity (Wildman–Crippen MR) is 129 cm³/mol. The van der Waals surface area contributed by atoms with Crippen molar-refractivity contribution in [3.8, 4) is 11.5 Å². The maximum Gasteiger partial charge on any atom is 0.289 e. The van der Waals surface area contributed by atoms with E-state index in [0.717, 1.165) is 33.8 Å². The Morgan fingerprint density at radius 3 is 2.68 bits per heavy atom. The minimum atomic E-state index is -0.406. The summed E-state index contributed by atoms with van der Waals surface area (Å²) in [5.41, 5.74) is 7.36. The van der Waals surface area contributed by atoms with E-state index < -0.39 is 5.78 Å². The van der Waals surface area contributed by atoms with E-state index in [1.807, 2.05) is 12.1 Å². The maximum absolute atomic E-state index is 12.0. The molecule has 0 aliphatic carbocycles. The van der Waals surface area contributed by atoms with Crippen molar-refractivity contribution in [3.63, 3.8) is 0 Å². The van der Waals surface area contributed by atoms with E-state index in [1.54, 1.807) is 4.90 Å². The fourth-order valence-corrected chi connectivity index (χ4v) is 5.76. The van der Waals surface area contributed by atoms with Crippen molar-refractivity contribution in [3.05, 3.63) is 22.9 Å². The standard InChI is InChI=1S/C22H23BrN6O4S/c1-12(30)21(31)28-5-2-13(3-6-28)4-7-29-20-18(19(24)25-10-26-20)27-22(29)34-17-9-16-15(8-14(17)23)32-11-33-16/h8-10,13H,2-7,11H2,1H3,(H2,24,25,26). The number of halogens is 1. The second kappa shape index (κ2) is 9.41. The average Bonchev–Trinajstić information content (AvgIpc) is 3.42. The van der Waals surface area contributed by atoms with Crippen molar-refractivity contribution in [2.24, 2.45) is 5.92 Å². The number of ketones is 1. The van der Waals surface area contributed by atoms with Crippen LogP contribution in [0.15, 0.2) is 33.0 Å². The number of ether oxygens (including phenoxy) is 2. The molecule has 0 spiro atoms. The van der Waals surface area contributed by atoms with Gasteiger partial charge < -0.3 is 24.7 Å². The number of nitrogen functional groups attached to an aromatic ring is 1. The van der Waals surface area contributed by atoms with Gasteiger partial charge in [-0.15, -0.1) is 0 Å². The number of hydrogen-bond donors (Lipinski definition) is 1. The third kappa shape index (κ3) is 4.43. The van der Waals surface area contributed by atoms with Gasteiger partial charge in [0.2, 0.25) is 12.6 Å². The van der Waals surface area contributed by atoms with Gasteiger partial charge in [-0.25, -0.2) is 15.0 Å². The van der Waals surface area contributed by atoms with Crippen LogP contribution in [0.1, 0.15) is 26.2 Å². The Labute approximate surface area is 208 Å². The molecule has 2 aliphatic rings. The number of anilines is 1. The Bertz CT molecular complexity index is 1270. The summed E-state index contributed by atoms with van der Waals surface area (Å²) in [7, 11) is 0. The van der Waals surface area contributed by atoms with Gasteiger partial charge >= 0.3 is 0 Å². The molecular weight excluding hydrogens is 524 g/mol. The third-order valence-corrected chi connectivity index (χ3v) is 8.09. The molecule has 0 radical (unpaired) electrons. The van der Waals surface area contributed by atoms with Crippen LogP contribution in [-0.4, -0.2) is 56.0 Å². The molecule has 3 aromatic rings. The van der Waals surface area contributed by atoms with Gasteiger partial charge in [0.05, 0.1) is 0 Å². The fraction of sp³-hybridized carbons (Fsp3) is 0.409. The monoisotopic (exact) mass is 546 g/mol. The molecule has 2 aromatic heterocycles. The van der Waals surface area contributed by atoms with Crippen LogP contribution in [0.5, 0.6) is 11.5 Å². The number of Topliss-reactive ketones (excluding diaryl/α,β-unsaturated/α-hetero) is 1. The number of aromatic nitrogens is 4. The molecule has 2 N–H and O–H groups in total. The molecule has 4 heterocycles. The Hall–Kier alpha value is -2.86. The Kier molecular flexibility index (Phi) is 6.34. The van der Waals surface area contributed by atoms with E-state index >= 15 is 0 Å². The first-order valence-corrected chi connectivity index (χ1v) is 12.5. The molecular formula is C22H23BrN6O4S. The van der Waals surface area contributed by atoms with E-state index in [4.69, 9.17) is 20.2 Å². The number of nitrogens with zero attached hydrogens (tertiary/aromatic N) is 5. The highest BCUT2D eigenvalue weighted by Crippen LogP contribution is 2.43. The van der Waals surface area contributed by atoms with Crippen LogP contribution in [-0.2, 0) is 16.1 Å². The summed E-state index contributed by atoms with van der Waals surface area (Å²) in [4.78, 5) is 39.2. The number of fused-ring (bicyclic) bond motifs is 2. The summed E-state index contributed by atoms with van der Waals surface area (Å²) in [6.07, 6.45) is 4.07. The first-order chi connectivity index (χ1) is 16.4. The molecule has 0 bridgehead atoms. The molecule has 34 heavy (non-hydrogen) atoms. The number of carbonyl (C=O) groups excluding carboxylic acids is 2. The molecule has 0 atom stereocenters. The zero-order valence-electron chi connectivity index (χ0n) is 18.5. The van der Waals surface area contributed by atoms with Gasteiger partial charge in [-0.2, -0.15) is 0 Å². The molecule has 0 unspecified atom stereocenters. The zero-order chi connectivity index (χ0) is 23.8. The zero-order valence-corrected chi connectivity index (χ0v) is 20.9. The van der Waals surface area contributed by atoms with Gasteiger partial charge in [-0.1, -0.05) is 11.8 Å². The second-order valence-electron chi connectivity index (χ2n) is 8.30. The van der Waals surface area contributed by atoms with Crippen molar-refractivity contribution in [1.29, 1.82) is 0 Å². The van der Waals surface area contributed by atoms with Crippen LogP contribution in [0, 0.1) is 5.92 Å². The number of benzene rings is 1. The van der Waals surface area contributed by atoms with Gasteiger partial charge in [-0.3, -0.25) is 9.59 Å². The molecule has 178 valence electrons. The fourth-order valence-electron chi connectivity index (χ4n) is 4.25. The van der Waals surface area contributed by atoms with Gasteiger partial charge in [0.25, 0.3) is 5.91 Å². The number of rotatable bonds is 6. The maximum atomic E-state index is 12.0. The Morgan fingerprint density at radius 2 is 1.94 bits per heavy atom. The first kappa shape index (κ1) is 22.9. The number of piperidine rings is 1. The molecule has 2 aliphatic heterocycles. The smallest absolute Gasteiger partial charge is 0.289 e. The number of amides is 1. The summed E-state index contributed by atoms with van der Waals surface area (Å²) in [6.45, 7) is 3.44. The predicted octanol–water partition coefficient (Wildman–Crippen LogP) is 3.27. The minimum Gasteiger partial charge on any atom is -0.454 e. The molecule has 0 saturated carbocycles. The van der Waals surface area contributed by atoms with Gasteiger partial charge in [0, 0.05) is 35.9 Å². The molecule has 1 fully saturated rings. The summed E-state index contributed by atoms with van der Waals surface area (Å²) in [5, 5.41) is 0.756. The van der Waals surface area contributed by atoms with E-state index in [9.17, 15) is 9.59 Å². The number of aryl methyl sites for hydroxylation is 1. The van der Waals surface area contributed by atoms with Crippen LogP contribution in [0.2, 0.25) is 0 Å². The van der Waals surface area contributed by atoms with E-state index in [0.29, 0.717) is 54.0 Å². The normalized spacial score (nSPS) is 15.8. The first-order valence-electron chi connectivity index (χ1n) is 10.9. The summed E-state index contributed by atoms with van der Waals surface area (Å²) < 4.78 is 13.9. The van der Waals surface area contributed by atoms with Crippen LogP contribution >= 0.6 is 27.7 Å². The molecule has 12 heteroatoms. The summed E-state index contributed by atoms with van der Waals surface area (Å²) >= 11 is 5.11. The van der Waals surface area contributed by atoms with Gasteiger partial charge in [-0.05, 0) is 53.2 Å². The van der Waals surface area contributed by atoms with E-state index in [2.05, 4.69) is 30.5 Å².